The third kappa shape index (κ3) is 4.96. The molecule has 1 aromatic heterocycles. The predicted octanol–water partition coefficient (Wildman–Crippen LogP) is 3.76. The minimum atomic E-state index is -3.82. The highest BCUT2D eigenvalue weighted by atomic mass is 32.2. The number of anilines is 3. The number of carbonyl (C=O) groups excluding carboxylic acids is 2. The summed E-state index contributed by atoms with van der Waals surface area (Å²) in [7, 11) is -3.82. The first-order valence-electron chi connectivity index (χ1n) is 8.19. The van der Waals surface area contributed by atoms with Crippen LogP contribution in [0.1, 0.15) is 16.6 Å². The second kappa shape index (κ2) is 8.24. The van der Waals surface area contributed by atoms with E-state index in [0.717, 1.165) is 0 Å². The molecule has 0 fully saturated rings. The van der Waals surface area contributed by atoms with Crippen LogP contribution in [0.2, 0.25) is 0 Å². The lowest BCUT2D eigenvalue weighted by molar-refractivity contribution is -0.114. The third-order valence-corrected chi connectivity index (χ3v) is 5.87. The van der Waals surface area contributed by atoms with E-state index in [0.29, 0.717) is 21.9 Å². The Kier molecular flexibility index (Phi) is 5.76. The van der Waals surface area contributed by atoms with Crippen molar-refractivity contribution in [3.63, 3.8) is 0 Å². The van der Waals surface area contributed by atoms with Crippen LogP contribution in [0, 0.1) is 0 Å². The fourth-order valence-corrected chi connectivity index (χ4v) is 4.06. The van der Waals surface area contributed by atoms with Crippen LogP contribution in [0.15, 0.2) is 70.9 Å². The Bertz CT molecular complexity index is 1090. The molecule has 0 spiro atoms. The van der Waals surface area contributed by atoms with E-state index in [1.807, 2.05) is 0 Å². The van der Waals surface area contributed by atoms with Crippen LogP contribution in [0.25, 0.3) is 0 Å². The Morgan fingerprint density at radius 2 is 1.57 bits per heavy atom. The molecule has 0 aliphatic rings. The zero-order valence-electron chi connectivity index (χ0n) is 14.8. The minimum Gasteiger partial charge on any atom is -0.326 e. The van der Waals surface area contributed by atoms with Gasteiger partial charge in [0.25, 0.3) is 15.9 Å². The maximum atomic E-state index is 12.6. The quantitative estimate of drug-likeness (QED) is 0.570. The molecule has 0 bridgehead atoms. The Labute approximate surface area is 166 Å². The smallest absolute Gasteiger partial charge is 0.265 e. The molecule has 0 saturated carbocycles. The third-order valence-electron chi connectivity index (χ3n) is 3.60. The lowest BCUT2D eigenvalue weighted by Crippen LogP contribution is -2.14. The maximum Gasteiger partial charge on any atom is 0.265 e. The van der Waals surface area contributed by atoms with Gasteiger partial charge < -0.3 is 10.6 Å². The minimum absolute atomic E-state index is 0.0506. The van der Waals surface area contributed by atoms with Crippen LogP contribution in [0.5, 0.6) is 0 Å². The number of amides is 2. The summed E-state index contributed by atoms with van der Waals surface area (Å²) in [6.45, 7) is 1.37. The van der Waals surface area contributed by atoms with Crippen molar-refractivity contribution in [1.82, 2.24) is 0 Å². The molecule has 0 saturated heterocycles. The number of benzene rings is 2. The zero-order chi connectivity index (χ0) is 20.1. The fourth-order valence-electron chi connectivity index (χ4n) is 2.40. The van der Waals surface area contributed by atoms with Crippen molar-refractivity contribution < 1.29 is 18.0 Å². The number of hydrogen-bond donors (Lipinski definition) is 3. The van der Waals surface area contributed by atoms with Gasteiger partial charge in [-0.05, 0) is 53.9 Å². The molecule has 3 rings (SSSR count). The number of thiophene rings is 1. The molecular formula is C19H17N3O4S2. The van der Waals surface area contributed by atoms with Gasteiger partial charge in [-0.1, -0.05) is 12.1 Å². The number of carbonyl (C=O) groups is 2. The number of nitrogens with one attached hydrogen (secondary N) is 3. The van der Waals surface area contributed by atoms with Crippen molar-refractivity contribution >= 4 is 50.2 Å². The van der Waals surface area contributed by atoms with Gasteiger partial charge in [-0.15, -0.1) is 11.3 Å². The first-order valence-corrected chi connectivity index (χ1v) is 10.6. The van der Waals surface area contributed by atoms with E-state index >= 15 is 0 Å². The van der Waals surface area contributed by atoms with Crippen molar-refractivity contribution in [2.45, 2.75) is 11.8 Å². The zero-order valence-corrected chi connectivity index (χ0v) is 16.4. The SMILES string of the molecule is CC(=O)Nc1ccc(S(=O)(=O)Nc2cccc(NC(=O)c3cccs3)c2)cc1. The Hall–Kier alpha value is -3.17. The molecular weight excluding hydrogens is 398 g/mol. The summed E-state index contributed by atoms with van der Waals surface area (Å²) in [5.74, 6) is -0.501. The van der Waals surface area contributed by atoms with Crippen LogP contribution in [-0.4, -0.2) is 20.2 Å². The van der Waals surface area contributed by atoms with Crippen LogP contribution in [0.4, 0.5) is 17.1 Å². The normalized spacial score (nSPS) is 10.9. The van der Waals surface area contributed by atoms with Crippen LogP contribution in [-0.2, 0) is 14.8 Å². The van der Waals surface area contributed by atoms with Crippen molar-refractivity contribution in [2.75, 3.05) is 15.4 Å². The van der Waals surface area contributed by atoms with E-state index in [1.54, 1.807) is 35.7 Å². The number of rotatable bonds is 6. The molecule has 0 radical (unpaired) electrons. The maximum absolute atomic E-state index is 12.6. The van der Waals surface area contributed by atoms with Gasteiger partial charge in [-0.25, -0.2) is 8.42 Å². The summed E-state index contributed by atoms with van der Waals surface area (Å²) in [6.07, 6.45) is 0. The van der Waals surface area contributed by atoms with Crippen molar-refractivity contribution in [3.8, 4) is 0 Å². The van der Waals surface area contributed by atoms with E-state index in [9.17, 15) is 18.0 Å². The van der Waals surface area contributed by atoms with E-state index in [4.69, 9.17) is 0 Å². The van der Waals surface area contributed by atoms with Gasteiger partial charge in [0.05, 0.1) is 15.5 Å². The highest BCUT2D eigenvalue weighted by molar-refractivity contribution is 7.92. The number of sulfonamides is 1. The van der Waals surface area contributed by atoms with Crippen molar-refractivity contribution in [1.29, 1.82) is 0 Å². The lowest BCUT2D eigenvalue weighted by Gasteiger charge is -2.11. The summed E-state index contributed by atoms with van der Waals surface area (Å²) in [5.41, 5.74) is 1.29. The average Bonchev–Trinajstić information content (AvgIpc) is 3.16. The van der Waals surface area contributed by atoms with Gasteiger partial charge in [0.2, 0.25) is 5.91 Å². The molecule has 0 aliphatic heterocycles. The van der Waals surface area contributed by atoms with Crippen LogP contribution < -0.4 is 15.4 Å². The highest BCUT2D eigenvalue weighted by Gasteiger charge is 2.15. The molecule has 2 amide bonds. The summed E-state index contributed by atoms with van der Waals surface area (Å²) >= 11 is 1.32. The summed E-state index contributed by atoms with van der Waals surface area (Å²) in [5, 5.41) is 7.11. The molecule has 0 unspecified atom stereocenters. The molecule has 28 heavy (non-hydrogen) atoms. The van der Waals surface area contributed by atoms with Crippen LogP contribution >= 0.6 is 11.3 Å². The van der Waals surface area contributed by atoms with Gasteiger partial charge >= 0.3 is 0 Å². The molecule has 2 aromatic carbocycles. The van der Waals surface area contributed by atoms with Gasteiger partial charge in [-0.2, -0.15) is 0 Å². The van der Waals surface area contributed by atoms with Crippen molar-refractivity contribution in [2.24, 2.45) is 0 Å². The summed E-state index contributed by atoms with van der Waals surface area (Å²) in [6, 6.07) is 15.7. The fraction of sp³-hybridized carbons (Fsp3) is 0.0526. The van der Waals surface area contributed by atoms with E-state index in [2.05, 4.69) is 15.4 Å². The van der Waals surface area contributed by atoms with E-state index in [1.165, 1.54) is 48.6 Å². The Morgan fingerprint density at radius 3 is 2.21 bits per heavy atom. The molecule has 9 heteroatoms. The molecule has 3 N–H and O–H groups in total. The first-order chi connectivity index (χ1) is 13.3. The highest BCUT2D eigenvalue weighted by Crippen LogP contribution is 2.21. The molecule has 0 atom stereocenters. The van der Waals surface area contributed by atoms with Gasteiger partial charge in [0.15, 0.2) is 0 Å². The monoisotopic (exact) mass is 415 g/mol. The lowest BCUT2D eigenvalue weighted by atomic mass is 10.3. The standard InChI is InChI=1S/C19H17N3O4S2/c1-13(23)20-14-7-9-17(10-8-14)28(25,26)22-16-5-2-4-15(12-16)21-19(24)18-6-3-11-27-18/h2-12,22H,1H3,(H,20,23)(H,21,24). The Balaban J connectivity index is 1.73. The molecule has 1 heterocycles. The first kappa shape index (κ1) is 19.6. The predicted molar refractivity (Wildman–Crippen MR) is 110 cm³/mol. The molecule has 3 aromatic rings. The Morgan fingerprint density at radius 1 is 0.857 bits per heavy atom. The van der Waals surface area contributed by atoms with Crippen molar-refractivity contribution in [3.05, 3.63) is 70.9 Å². The second-order valence-corrected chi connectivity index (χ2v) is 8.45. The van der Waals surface area contributed by atoms with Gasteiger partial charge in [0.1, 0.15) is 0 Å². The van der Waals surface area contributed by atoms with Gasteiger partial charge in [-0.3, -0.25) is 14.3 Å². The number of hydrogen-bond acceptors (Lipinski definition) is 5. The largest absolute Gasteiger partial charge is 0.326 e. The van der Waals surface area contributed by atoms with E-state index < -0.39 is 10.0 Å². The molecule has 144 valence electrons. The van der Waals surface area contributed by atoms with E-state index in [-0.39, 0.29) is 16.7 Å². The van der Waals surface area contributed by atoms with Gasteiger partial charge in [0, 0.05) is 18.3 Å². The van der Waals surface area contributed by atoms with Crippen LogP contribution in [0.3, 0.4) is 0 Å². The topological polar surface area (TPSA) is 104 Å². The molecule has 0 aliphatic carbocycles. The second-order valence-electron chi connectivity index (χ2n) is 5.82. The average molecular weight is 415 g/mol. The summed E-state index contributed by atoms with van der Waals surface area (Å²) in [4.78, 5) is 23.8. The molecule has 7 nitrogen and oxygen atoms in total. The summed E-state index contributed by atoms with van der Waals surface area (Å²) < 4.78 is 27.6.